The molecule has 110 valence electrons. The van der Waals surface area contributed by atoms with Gasteiger partial charge in [-0.3, -0.25) is 14.3 Å². The molecule has 0 aromatic carbocycles. The molecule has 1 saturated carbocycles. The number of anilines is 1. The van der Waals surface area contributed by atoms with Crippen LogP contribution >= 0.6 is 0 Å². The molecule has 0 saturated heterocycles. The zero-order valence-corrected chi connectivity index (χ0v) is 12.5. The smallest absolute Gasteiger partial charge is 0.307 e. The lowest BCUT2D eigenvalue weighted by Gasteiger charge is -2.07. The van der Waals surface area contributed by atoms with Crippen molar-refractivity contribution in [1.82, 2.24) is 9.78 Å². The van der Waals surface area contributed by atoms with Crippen molar-refractivity contribution in [2.24, 2.45) is 17.3 Å². The van der Waals surface area contributed by atoms with Crippen molar-refractivity contribution in [2.45, 2.75) is 40.7 Å². The molecule has 1 aromatic heterocycles. The highest BCUT2D eigenvalue weighted by Crippen LogP contribution is 2.58. The fourth-order valence-electron chi connectivity index (χ4n) is 2.86. The van der Waals surface area contributed by atoms with Crippen LogP contribution in [0.1, 0.15) is 39.4 Å². The molecule has 2 N–H and O–H groups in total. The molecule has 0 aliphatic heterocycles. The van der Waals surface area contributed by atoms with Crippen LogP contribution in [-0.2, 0) is 9.59 Å². The molecular formula is C14H21N3O3. The standard InChI is InChI=1S/C14H21N3O3/c1-7(2)17-8(3)6-9(16-17)15-12(18)10-11(13(19)20)14(10,4)5/h6-7,10-11H,1-5H3,(H,19,20)(H,15,16,18)/t10-,11-/m0/s1. The number of aliphatic carboxylic acids is 1. The lowest BCUT2D eigenvalue weighted by atomic mass is 10.1. The van der Waals surface area contributed by atoms with E-state index in [0.29, 0.717) is 5.82 Å². The van der Waals surface area contributed by atoms with E-state index >= 15 is 0 Å². The van der Waals surface area contributed by atoms with Crippen LogP contribution in [0, 0.1) is 24.2 Å². The number of carboxylic acid groups (broad SMARTS) is 1. The number of amides is 1. The van der Waals surface area contributed by atoms with E-state index in [9.17, 15) is 9.59 Å². The van der Waals surface area contributed by atoms with Gasteiger partial charge in [0.05, 0.1) is 11.8 Å². The maximum Gasteiger partial charge on any atom is 0.307 e. The summed E-state index contributed by atoms with van der Waals surface area (Å²) in [4.78, 5) is 23.3. The first-order chi connectivity index (χ1) is 9.16. The van der Waals surface area contributed by atoms with Gasteiger partial charge in [0.1, 0.15) is 0 Å². The summed E-state index contributed by atoms with van der Waals surface area (Å²) in [5.74, 6) is -1.82. The largest absolute Gasteiger partial charge is 0.481 e. The average molecular weight is 279 g/mol. The molecule has 2 rings (SSSR count). The number of hydrogen-bond donors (Lipinski definition) is 2. The number of hydrogen-bond acceptors (Lipinski definition) is 3. The molecule has 6 nitrogen and oxygen atoms in total. The van der Waals surface area contributed by atoms with Gasteiger partial charge in [-0.1, -0.05) is 13.8 Å². The molecule has 0 radical (unpaired) electrons. The van der Waals surface area contributed by atoms with Gasteiger partial charge in [-0.05, 0) is 26.2 Å². The molecule has 1 aliphatic carbocycles. The summed E-state index contributed by atoms with van der Waals surface area (Å²) < 4.78 is 1.82. The molecule has 1 aliphatic rings. The molecular weight excluding hydrogens is 258 g/mol. The van der Waals surface area contributed by atoms with Crippen molar-refractivity contribution >= 4 is 17.7 Å². The maximum atomic E-state index is 12.2. The van der Waals surface area contributed by atoms with Crippen molar-refractivity contribution in [3.63, 3.8) is 0 Å². The summed E-state index contributed by atoms with van der Waals surface area (Å²) in [5, 5.41) is 16.1. The van der Waals surface area contributed by atoms with E-state index < -0.39 is 23.2 Å². The normalized spacial score (nSPS) is 23.7. The quantitative estimate of drug-likeness (QED) is 0.883. The third-order valence-corrected chi connectivity index (χ3v) is 4.04. The Morgan fingerprint density at radius 3 is 2.40 bits per heavy atom. The fourth-order valence-corrected chi connectivity index (χ4v) is 2.86. The number of carbonyl (C=O) groups is 2. The molecule has 1 aromatic rings. The van der Waals surface area contributed by atoms with Gasteiger partial charge < -0.3 is 10.4 Å². The first-order valence-electron chi connectivity index (χ1n) is 6.76. The maximum absolute atomic E-state index is 12.2. The highest BCUT2D eigenvalue weighted by Gasteiger charge is 2.65. The Kier molecular flexibility index (Phi) is 3.36. The highest BCUT2D eigenvalue weighted by atomic mass is 16.4. The summed E-state index contributed by atoms with van der Waals surface area (Å²) in [6, 6.07) is 2.01. The molecule has 0 spiro atoms. The van der Waals surface area contributed by atoms with Crippen LogP contribution in [0.25, 0.3) is 0 Å². The van der Waals surface area contributed by atoms with Crippen molar-refractivity contribution in [3.8, 4) is 0 Å². The Labute approximate surface area is 118 Å². The first-order valence-corrected chi connectivity index (χ1v) is 6.76. The van der Waals surface area contributed by atoms with Gasteiger partial charge >= 0.3 is 5.97 Å². The fraction of sp³-hybridized carbons (Fsp3) is 0.643. The number of aryl methyl sites for hydroxylation is 1. The van der Waals surface area contributed by atoms with Crippen molar-refractivity contribution in [3.05, 3.63) is 11.8 Å². The van der Waals surface area contributed by atoms with Crippen LogP contribution < -0.4 is 5.32 Å². The Hall–Kier alpha value is -1.85. The molecule has 1 fully saturated rings. The number of carbonyl (C=O) groups excluding carboxylic acids is 1. The number of carboxylic acids is 1. The molecule has 6 heteroatoms. The number of rotatable bonds is 4. The molecule has 20 heavy (non-hydrogen) atoms. The predicted molar refractivity (Wildman–Crippen MR) is 74.4 cm³/mol. The third-order valence-electron chi connectivity index (χ3n) is 4.04. The monoisotopic (exact) mass is 279 g/mol. The van der Waals surface area contributed by atoms with E-state index in [0.717, 1.165) is 5.69 Å². The van der Waals surface area contributed by atoms with Gasteiger partial charge in [-0.2, -0.15) is 5.10 Å². The van der Waals surface area contributed by atoms with Crippen molar-refractivity contribution in [1.29, 1.82) is 0 Å². The second kappa shape index (κ2) is 4.61. The van der Waals surface area contributed by atoms with Crippen molar-refractivity contribution < 1.29 is 14.7 Å². The van der Waals surface area contributed by atoms with Crippen molar-refractivity contribution in [2.75, 3.05) is 5.32 Å². The first kappa shape index (κ1) is 14.6. The zero-order chi connectivity index (χ0) is 15.2. The Morgan fingerprint density at radius 2 is 2.00 bits per heavy atom. The Balaban J connectivity index is 2.10. The third kappa shape index (κ3) is 2.30. The summed E-state index contributed by atoms with van der Waals surface area (Å²) in [5.41, 5.74) is 0.464. The lowest BCUT2D eigenvalue weighted by molar-refractivity contribution is -0.140. The van der Waals surface area contributed by atoms with Gasteiger partial charge in [0.25, 0.3) is 0 Å². The average Bonchev–Trinajstić information content (AvgIpc) is 2.68. The minimum atomic E-state index is -0.918. The topological polar surface area (TPSA) is 84.2 Å². The Morgan fingerprint density at radius 1 is 1.40 bits per heavy atom. The predicted octanol–water partition coefficient (Wildman–Crippen LogP) is 2.07. The molecule has 2 atom stereocenters. The summed E-state index contributed by atoms with van der Waals surface area (Å²) >= 11 is 0. The second-order valence-electron chi connectivity index (χ2n) is 6.31. The summed E-state index contributed by atoms with van der Waals surface area (Å²) in [6.07, 6.45) is 0. The molecule has 1 amide bonds. The Bertz CT molecular complexity index is 560. The van der Waals surface area contributed by atoms with E-state index in [1.807, 2.05) is 25.5 Å². The number of aromatic nitrogens is 2. The summed E-state index contributed by atoms with van der Waals surface area (Å²) in [7, 11) is 0. The summed E-state index contributed by atoms with van der Waals surface area (Å²) in [6.45, 7) is 9.54. The highest BCUT2D eigenvalue weighted by molar-refractivity contribution is 5.99. The van der Waals surface area contributed by atoms with Gasteiger partial charge in [0.2, 0.25) is 5.91 Å². The second-order valence-corrected chi connectivity index (χ2v) is 6.31. The van der Waals surface area contributed by atoms with Gasteiger partial charge in [0.15, 0.2) is 5.82 Å². The molecule has 0 unspecified atom stereocenters. The van der Waals surface area contributed by atoms with Gasteiger partial charge in [-0.15, -0.1) is 0 Å². The van der Waals surface area contributed by atoms with Crippen LogP contribution in [-0.4, -0.2) is 26.8 Å². The minimum absolute atomic E-state index is 0.213. The number of nitrogens with zero attached hydrogens (tertiary/aromatic N) is 2. The van der Waals surface area contributed by atoms with E-state index in [1.54, 1.807) is 19.9 Å². The van der Waals surface area contributed by atoms with E-state index in [1.165, 1.54) is 0 Å². The molecule has 0 bridgehead atoms. The van der Waals surface area contributed by atoms with Gasteiger partial charge in [-0.25, -0.2) is 0 Å². The van der Waals surface area contributed by atoms with E-state index in [2.05, 4.69) is 10.4 Å². The zero-order valence-electron chi connectivity index (χ0n) is 12.5. The van der Waals surface area contributed by atoms with Gasteiger partial charge in [0, 0.05) is 17.8 Å². The van der Waals surface area contributed by atoms with Crippen LogP contribution in [0.5, 0.6) is 0 Å². The van der Waals surface area contributed by atoms with Crippen LogP contribution in [0.3, 0.4) is 0 Å². The van der Waals surface area contributed by atoms with Crippen LogP contribution in [0.15, 0.2) is 6.07 Å². The van der Waals surface area contributed by atoms with Crippen LogP contribution in [0.4, 0.5) is 5.82 Å². The van der Waals surface area contributed by atoms with Crippen LogP contribution in [0.2, 0.25) is 0 Å². The number of nitrogens with one attached hydrogen (secondary N) is 1. The lowest BCUT2D eigenvalue weighted by Crippen LogP contribution is -2.18. The SMILES string of the molecule is Cc1cc(NC(=O)[C@@H]2[C@@H](C(=O)O)C2(C)C)nn1C(C)C. The van der Waals surface area contributed by atoms with E-state index in [4.69, 9.17) is 5.11 Å². The molecule has 1 heterocycles. The minimum Gasteiger partial charge on any atom is -0.481 e. The van der Waals surface area contributed by atoms with E-state index in [-0.39, 0.29) is 11.9 Å².